The number of rotatable bonds is 1. The van der Waals surface area contributed by atoms with Gasteiger partial charge in [0.2, 0.25) is 0 Å². The van der Waals surface area contributed by atoms with Gasteiger partial charge < -0.3 is 5.32 Å². The van der Waals surface area contributed by atoms with E-state index in [2.05, 4.69) is 5.32 Å². The molecule has 2 atom stereocenters. The second-order valence-corrected chi connectivity index (χ2v) is 7.17. The second kappa shape index (κ2) is 4.56. The molecule has 1 N–H and O–H groups in total. The van der Waals surface area contributed by atoms with Gasteiger partial charge in [-0.25, -0.2) is 12.8 Å². The van der Waals surface area contributed by atoms with Crippen molar-refractivity contribution in [3.05, 3.63) is 41.6 Å². The lowest BCUT2D eigenvalue weighted by molar-refractivity contribution is 0.321. The van der Waals surface area contributed by atoms with Crippen molar-refractivity contribution in [3.63, 3.8) is 0 Å². The van der Waals surface area contributed by atoms with Gasteiger partial charge in [0.1, 0.15) is 5.82 Å². The van der Waals surface area contributed by atoms with Gasteiger partial charge in [-0.15, -0.1) is 0 Å². The summed E-state index contributed by atoms with van der Waals surface area (Å²) in [5.74, 6) is -0.429. The summed E-state index contributed by atoms with van der Waals surface area (Å²) in [6, 6.07) is 5.99. The second-order valence-electron chi connectivity index (χ2n) is 5.50. The first kappa shape index (κ1) is 13.6. The molecule has 0 saturated carbocycles. The number of benzene rings is 1. The van der Waals surface area contributed by atoms with E-state index in [0.29, 0.717) is 18.5 Å². The number of hydrogen-bond acceptors (Lipinski definition) is 3. The first-order valence-corrected chi connectivity index (χ1v) is 8.17. The molecule has 20 heavy (non-hydrogen) atoms. The normalized spacial score (nSPS) is 31.9. The Kier molecular flexibility index (Phi) is 3.10. The number of sulfonamides is 1. The number of nitrogens with one attached hydrogen (secondary N) is 1. The fourth-order valence-corrected chi connectivity index (χ4v) is 4.86. The van der Waals surface area contributed by atoms with Gasteiger partial charge in [0.05, 0.1) is 11.2 Å². The van der Waals surface area contributed by atoms with Gasteiger partial charge in [0, 0.05) is 11.4 Å². The zero-order valence-electron chi connectivity index (χ0n) is 11.2. The monoisotopic (exact) mass is 296 g/mol. The molecule has 2 heterocycles. The summed E-state index contributed by atoms with van der Waals surface area (Å²) >= 11 is 0. The summed E-state index contributed by atoms with van der Waals surface area (Å²) in [7, 11) is -3.53. The van der Waals surface area contributed by atoms with Crippen LogP contribution in [-0.4, -0.2) is 26.5 Å². The largest absolute Gasteiger partial charge is 0.314 e. The Labute approximate surface area is 118 Å². The highest BCUT2D eigenvalue weighted by Crippen LogP contribution is 2.41. The molecule has 108 valence electrons. The minimum absolute atomic E-state index is 0.220. The molecule has 6 heteroatoms. The van der Waals surface area contributed by atoms with E-state index in [1.807, 2.05) is 6.92 Å². The van der Waals surface area contributed by atoms with E-state index >= 15 is 0 Å². The Morgan fingerprint density at radius 2 is 2.25 bits per heavy atom. The van der Waals surface area contributed by atoms with Crippen molar-refractivity contribution < 1.29 is 12.8 Å². The van der Waals surface area contributed by atoms with Crippen LogP contribution in [0.3, 0.4) is 0 Å². The molecule has 0 amide bonds. The van der Waals surface area contributed by atoms with E-state index in [1.54, 1.807) is 12.1 Å². The van der Waals surface area contributed by atoms with E-state index in [0.717, 1.165) is 6.54 Å². The van der Waals surface area contributed by atoms with E-state index in [4.69, 9.17) is 0 Å². The van der Waals surface area contributed by atoms with Crippen LogP contribution in [0.15, 0.2) is 35.7 Å². The Hall–Kier alpha value is -1.40. The number of anilines is 1. The number of nitrogens with zero attached hydrogens (tertiary/aromatic N) is 1. The standard InChI is InChI=1S/C14H17FN2O2S/c1-11-10-14(5-7-16-11)6-8-20(18,19)17(14)13-4-2-3-12(15)9-13/h2-4,6,8-9,11,16H,5,7,10H2,1H3. The van der Waals surface area contributed by atoms with Crippen molar-refractivity contribution in [3.8, 4) is 0 Å². The van der Waals surface area contributed by atoms with Gasteiger partial charge >= 0.3 is 0 Å². The van der Waals surface area contributed by atoms with Crippen molar-refractivity contribution in [1.29, 1.82) is 0 Å². The van der Waals surface area contributed by atoms with Gasteiger partial charge in [0.15, 0.2) is 0 Å². The fraction of sp³-hybridized carbons (Fsp3) is 0.429. The lowest BCUT2D eigenvalue weighted by atomic mass is 9.84. The van der Waals surface area contributed by atoms with Crippen LogP contribution < -0.4 is 9.62 Å². The van der Waals surface area contributed by atoms with Gasteiger partial charge in [-0.3, -0.25) is 4.31 Å². The molecule has 0 bridgehead atoms. The van der Waals surface area contributed by atoms with Gasteiger partial charge in [-0.2, -0.15) is 0 Å². The van der Waals surface area contributed by atoms with Crippen molar-refractivity contribution in [1.82, 2.24) is 5.32 Å². The molecule has 2 aliphatic heterocycles. The molecular weight excluding hydrogens is 279 g/mol. The third kappa shape index (κ3) is 2.13. The summed E-state index contributed by atoms with van der Waals surface area (Å²) in [6.45, 7) is 2.77. The van der Waals surface area contributed by atoms with Crippen LogP contribution in [0.4, 0.5) is 10.1 Å². The lowest BCUT2D eigenvalue weighted by Crippen LogP contribution is -2.55. The maximum Gasteiger partial charge on any atom is 0.258 e. The first-order valence-electron chi connectivity index (χ1n) is 6.67. The number of piperidine rings is 1. The number of halogens is 1. The zero-order chi connectivity index (χ0) is 14.4. The topological polar surface area (TPSA) is 49.4 Å². The van der Waals surface area contributed by atoms with E-state index in [-0.39, 0.29) is 6.04 Å². The van der Waals surface area contributed by atoms with Crippen molar-refractivity contribution in [2.24, 2.45) is 0 Å². The van der Waals surface area contributed by atoms with Crippen LogP contribution in [0.5, 0.6) is 0 Å². The highest BCUT2D eigenvalue weighted by molar-refractivity contribution is 7.96. The molecule has 0 aliphatic carbocycles. The maximum absolute atomic E-state index is 13.5. The summed E-state index contributed by atoms with van der Waals surface area (Å²) in [5.41, 5.74) is -0.179. The predicted molar refractivity (Wildman–Crippen MR) is 76.4 cm³/mol. The molecule has 0 aromatic heterocycles. The average molecular weight is 296 g/mol. The van der Waals surface area contributed by atoms with Gasteiger partial charge in [-0.05, 0) is 50.6 Å². The van der Waals surface area contributed by atoms with Gasteiger partial charge in [-0.1, -0.05) is 6.07 Å². The summed E-state index contributed by atoms with van der Waals surface area (Å²) in [4.78, 5) is 0. The van der Waals surface area contributed by atoms with Gasteiger partial charge in [0.25, 0.3) is 10.0 Å². The average Bonchev–Trinajstić information content (AvgIpc) is 2.60. The van der Waals surface area contributed by atoms with Crippen molar-refractivity contribution in [2.75, 3.05) is 10.8 Å². The molecule has 1 spiro atoms. The quantitative estimate of drug-likeness (QED) is 0.862. The summed E-state index contributed by atoms with van der Waals surface area (Å²) in [5, 5.41) is 4.56. The van der Waals surface area contributed by atoms with Crippen LogP contribution in [0.25, 0.3) is 0 Å². The van der Waals surface area contributed by atoms with E-state index < -0.39 is 21.4 Å². The summed E-state index contributed by atoms with van der Waals surface area (Å²) in [6.07, 6.45) is 3.12. The minimum atomic E-state index is -3.53. The lowest BCUT2D eigenvalue weighted by Gasteiger charge is -2.43. The Balaban J connectivity index is 2.09. The Morgan fingerprint density at radius 3 is 2.95 bits per heavy atom. The molecule has 3 rings (SSSR count). The molecule has 1 saturated heterocycles. The zero-order valence-corrected chi connectivity index (χ0v) is 12.0. The van der Waals surface area contributed by atoms with Crippen LogP contribution in [0.2, 0.25) is 0 Å². The van der Waals surface area contributed by atoms with E-state index in [1.165, 1.54) is 27.9 Å². The predicted octanol–water partition coefficient (Wildman–Crippen LogP) is 2.00. The van der Waals surface area contributed by atoms with Crippen LogP contribution in [0, 0.1) is 5.82 Å². The Morgan fingerprint density at radius 1 is 1.45 bits per heavy atom. The molecular formula is C14H17FN2O2S. The Bertz CT molecular complexity index is 659. The maximum atomic E-state index is 13.5. The highest BCUT2D eigenvalue weighted by Gasteiger charge is 2.47. The molecule has 2 unspecified atom stereocenters. The van der Waals surface area contributed by atoms with Crippen molar-refractivity contribution in [2.45, 2.75) is 31.3 Å². The SMILES string of the molecule is CC1CC2(C=CS(=O)(=O)N2c2cccc(F)c2)CCN1. The molecule has 0 radical (unpaired) electrons. The van der Waals surface area contributed by atoms with Crippen molar-refractivity contribution >= 4 is 15.7 Å². The third-order valence-electron chi connectivity index (χ3n) is 3.96. The molecule has 2 aliphatic rings. The fourth-order valence-electron chi connectivity index (χ4n) is 3.18. The highest BCUT2D eigenvalue weighted by atomic mass is 32.2. The first-order chi connectivity index (χ1) is 9.43. The third-order valence-corrected chi connectivity index (χ3v) is 5.53. The van der Waals surface area contributed by atoms with Crippen LogP contribution in [-0.2, 0) is 10.0 Å². The molecule has 1 aromatic rings. The smallest absolute Gasteiger partial charge is 0.258 e. The van der Waals surface area contributed by atoms with Crippen LogP contribution in [0.1, 0.15) is 19.8 Å². The summed E-state index contributed by atoms with van der Waals surface area (Å²) < 4.78 is 39.5. The molecule has 1 fully saturated rings. The van der Waals surface area contributed by atoms with Crippen LogP contribution >= 0.6 is 0 Å². The molecule has 1 aromatic carbocycles. The minimum Gasteiger partial charge on any atom is -0.314 e. The molecule has 4 nitrogen and oxygen atoms in total. The number of hydrogen-bond donors (Lipinski definition) is 1. The van der Waals surface area contributed by atoms with E-state index in [9.17, 15) is 12.8 Å².